The van der Waals surface area contributed by atoms with E-state index < -0.39 is 0 Å². The summed E-state index contributed by atoms with van der Waals surface area (Å²) in [5.74, 6) is 0. The maximum Gasteiger partial charge on any atom is 0.0806 e. The second-order valence-electron chi connectivity index (χ2n) is 5.48. The molecule has 0 spiro atoms. The fourth-order valence-corrected chi connectivity index (χ4v) is 2.70. The molecule has 0 radical (unpaired) electrons. The van der Waals surface area contributed by atoms with E-state index in [0.717, 1.165) is 19.7 Å². The summed E-state index contributed by atoms with van der Waals surface area (Å²) < 4.78 is 6.26. The van der Waals surface area contributed by atoms with Crippen molar-refractivity contribution in [3.8, 4) is 0 Å². The summed E-state index contributed by atoms with van der Waals surface area (Å²) in [6.07, 6.45) is 11.6. The van der Waals surface area contributed by atoms with Crippen LogP contribution in [0.2, 0.25) is 0 Å². The van der Waals surface area contributed by atoms with Gasteiger partial charge >= 0.3 is 0 Å². The summed E-state index contributed by atoms with van der Waals surface area (Å²) in [5.41, 5.74) is 0.168. The number of hydrogen-bond acceptors (Lipinski definition) is 2. The van der Waals surface area contributed by atoms with Gasteiger partial charge in [0.25, 0.3) is 0 Å². The highest BCUT2D eigenvalue weighted by Crippen LogP contribution is 2.31. The molecule has 0 aromatic carbocycles. The van der Waals surface area contributed by atoms with Crippen molar-refractivity contribution in [3.63, 3.8) is 0 Å². The van der Waals surface area contributed by atoms with Crippen molar-refractivity contribution < 1.29 is 4.74 Å². The molecule has 1 N–H and O–H groups in total. The van der Waals surface area contributed by atoms with Crippen LogP contribution >= 0.6 is 0 Å². The summed E-state index contributed by atoms with van der Waals surface area (Å²) >= 11 is 0. The zero-order valence-corrected chi connectivity index (χ0v) is 11.9. The van der Waals surface area contributed by atoms with Crippen LogP contribution in [0, 0.1) is 0 Å². The molecular formula is C15H31NO. The van der Waals surface area contributed by atoms with Crippen LogP contribution in [0.4, 0.5) is 0 Å². The summed E-state index contributed by atoms with van der Waals surface area (Å²) in [6.45, 7) is 7.62. The number of ether oxygens (including phenoxy) is 1. The molecule has 0 saturated heterocycles. The molecule has 0 aromatic rings. The van der Waals surface area contributed by atoms with E-state index in [-0.39, 0.29) is 5.60 Å². The van der Waals surface area contributed by atoms with Gasteiger partial charge < -0.3 is 10.1 Å². The SMILES string of the molecule is CCCCCOC1(CNCCC)CCCCC1. The lowest BCUT2D eigenvalue weighted by Gasteiger charge is -2.37. The minimum Gasteiger partial charge on any atom is -0.374 e. The van der Waals surface area contributed by atoms with Gasteiger partial charge in [0, 0.05) is 13.2 Å². The fourth-order valence-electron chi connectivity index (χ4n) is 2.70. The smallest absolute Gasteiger partial charge is 0.0806 e. The van der Waals surface area contributed by atoms with Crippen molar-refractivity contribution in [1.29, 1.82) is 0 Å². The normalized spacial score (nSPS) is 19.4. The molecule has 1 rings (SSSR count). The Kier molecular flexibility index (Phi) is 7.87. The van der Waals surface area contributed by atoms with Crippen LogP contribution in [-0.2, 0) is 4.74 Å². The standard InChI is InChI=1S/C15H31NO/c1-3-5-9-13-17-15(14-16-12-4-2)10-7-6-8-11-15/h16H,3-14H2,1-2H3. The lowest BCUT2D eigenvalue weighted by Crippen LogP contribution is -2.45. The van der Waals surface area contributed by atoms with Gasteiger partial charge in [0.2, 0.25) is 0 Å². The molecule has 0 heterocycles. The molecule has 1 saturated carbocycles. The van der Waals surface area contributed by atoms with Gasteiger partial charge in [-0.25, -0.2) is 0 Å². The first kappa shape index (κ1) is 15.0. The average Bonchev–Trinajstić information content (AvgIpc) is 2.36. The summed E-state index contributed by atoms with van der Waals surface area (Å²) in [6, 6.07) is 0. The molecule has 0 atom stereocenters. The first-order valence-electron chi connectivity index (χ1n) is 7.67. The van der Waals surface area contributed by atoms with Crippen LogP contribution < -0.4 is 5.32 Å². The predicted molar refractivity (Wildman–Crippen MR) is 74.5 cm³/mol. The number of rotatable bonds is 9. The topological polar surface area (TPSA) is 21.3 Å². The van der Waals surface area contributed by atoms with E-state index in [1.54, 1.807) is 0 Å². The molecule has 102 valence electrons. The van der Waals surface area contributed by atoms with E-state index in [4.69, 9.17) is 4.74 Å². The highest BCUT2D eigenvalue weighted by Gasteiger charge is 2.32. The van der Waals surface area contributed by atoms with E-state index >= 15 is 0 Å². The van der Waals surface area contributed by atoms with Crippen molar-refractivity contribution in [3.05, 3.63) is 0 Å². The third kappa shape index (κ3) is 5.87. The molecule has 0 bridgehead atoms. The first-order chi connectivity index (χ1) is 8.33. The van der Waals surface area contributed by atoms with Crippen LogP contribution in [-0.4, -0.2) is 25.3 Å². The minimum absolute atomic E-state index is 0.168. The third-order valence-electron chi connectivity index (χ3n) is 3.79. The van der Waals surface area contributed by atoms with Gasteiger partial charge in [0.15, 0.2) is 0 Å². The molecule has 17 heavy (non-hydrogen) atoms. The molecule has 2 heteroatoms. The van der Waals surface area contributed by atoms with Crippen LogP contribution in [0.25, 0.3) is 0 Å². The molecule has 1 aliphatic rings. The Bertz CT molecular complexity index is 176. The van der Waals surface area contributed by atoms with Gasteiger partial charge in [-0.1, -0.05) is 46.0 Å². The maximum absolute atomic E-state index is 6.26. The van der Waals surface area contributed by atoms with E-state index in [2.05, 4.69) is 19.2 Å². The van der Waals surface area contributed by atoms with Crippen molar-refractivity contribution in [2.24, 2.45) is 0 Å². The Labute approximate surface area is 108 Å². The van der Waals surface area contributed by atoms with Gasteiger partial charge in [-0.3, -0.25) is 0 Å². The Morgan fingerprint density at radius 1 is 1.00 bits per heavy atom. The molecule has 0 aliphatic heterocycles. The van der Waals surface area contributed by atoms with Crippen LogP contribution in [0.3, 0.4) is 0 Å². The second kappa shape index (κ2) is 8.93. The van der Waals surface area contributed by atoms with E-state index in [9.17, 15) is 0 Å². The molecule has 0 aromatic heterocycles. The van der Waals surface area contributed by atoms with E-state index in [1.165, 1.54) is 57.8 Å². The monoisotopic (exact) mass is 241 g/mol. The van der Waals surface area contributed by atoms with Crippen molar-refractivity contribution in [2.75, 3.05) is 19.7 Å². The number of nitrogens with one attached hydrogen (secondary N) is 1. The zero-order valence-electron chi connectivity index (χ0n) is 11.9. The largest absolute Gasteiger partial charge is 0.374 e. The number of hydrogen-bond donors (Lipinski definition) is 1. The highest BCUT2D eigenvalue weighted by molar-refractivity contribution is 4.86. The molecule has 1 aliphatic carbocycles. The van der Waals surface area contributed by atoms with Gasteiger partial charge in [-0.15, -0.1) is 0 Å². The van der Waals surface area contributed by atoms with Gasteiger partial charge in [0.05, 0.1) is 5.60 Å². The average molecular weight is 241 g/mol. The Hall–Kier alpha value is -0.0800. The molecule has 0 amide bonds. The summed E-state index contributed by atoms with van der Waals surface area (Å²) in [5, 5.41) is 3.56. The van der Waals surface area contributed by atoms with E-state index in [0.29, 0.717) is 0 Å². The Morgan fingerprint density at radius 3 is 2.41 bits per heavy atom. The van der Waals surface area contributed by atoms with Crippen molar-refractivity contribution >= 4 is 0 Å². The van der Waals surface area contributed by atoms with Gasteiger partial charge in [-0.2, -0.15) is 0 Å². The first-order valence-corrected chi connectivity index (χ1v) is 7.67. The molecule has 0 unspecified atom stereocenters. The molecular weight excluding hydrogens is 210 g/mol. The number of unbranched alkanes of at least 4 members (excludes halogenated alkanes) is 2. The lowest BCUT2D eigenvalue weighted by atomic mass is 9.84. The Morgan fingerprint density at radius 2 is 1.76 bits per heavy atom. The van der Waals surface area contributed by atoms with Gasteiger partial charge in [0.1, 0.15) is 0 Å². The zero-order chi connectivity index (χ0) is 12.4. The maximum atomic E-state index is 6.26. The van der Waals surface area contributed by atoms with Crippen LogP contribution in [0.15, 0.2) is 0 Å². The van der Waals surface area contributed by atoms with Crippen LogP contribution in [0.1, 0.15) is 71.6 Å². The molecule has 2 nitrogen and oxygen atoms in total. The quantitative estimate of drug-likeness (QED) is 0.618. The lowest BCUT2D eigenvalue weighted by molar-refractivity contribution is -0.0694. The fraction of sp³-hybridized carbons (Fsp3) is 1.00. The van der Waals surface area contributed by atoms with E-state index in [1.807, 2.05) is 0 Å². The van der Waals surface area contributed by atoms with Gasteiger partial charge in [-0.05, 0) is 32.2 Å². The molecule has 1 fully saturated rings. The van der Waals surface area contributed by atoms with Crippen LogP contribution in [0.5, 0.6) is 0 Å². The highest BCUT2D eigenvalue weighted by atomic mass is 16.5. The van der Waals surface area contributed by atoms with Crippen molar-refractivity contribution in [1.82, 2.24) is 5.32 Å². The third-order valence-corrected chi connectivity index (χ3v) is 3.79. The second-order valence-corrected chi connectivity index (χ2v) is 5.48. The summed E-state index contributed by atoms with van der Waals surface area (Å²) in [7, 11) is 0. The van der Waals surface area contributed by atoms with Crippen molar-refractivity contribution in [2.45, 2.75) is 77.2 Å². The Balaban J connectivity index is 2.29. The minimum atomic E-state index is 0.168. The summed E-state index contributed by atoms with van der Waals surface area (Å²) in [4.78, 5) is 0. The predicted octanol–water partition coefficient (Wildman–Crippen LogP) is 3.90.